The molecule has 204 valence electrons. The summed E-state index contributed by atoms with van der Waals surface area (Å²) in [6, 6.07) is 11.5. The normalized spacial score (nSPS) is 16.9. The summed E-state index contributed by atoms with van der Waals surface area (Å²) in [5.74, 6) is -1.09. The van der Waals surface area contributed by atoms with Crippen LogP contribution in [0.2, 0.25) is 0 Å². The molecule has 0 radical (unpaired) electrons. The topological polar surface area (TPSA) is 87.1 Å². The maximum atomic E-state index is 13.2. The number of aryl methyl sites for hydroxylation is 1. The zero-order valence-corrected chi connectivity index (χ0v) is 21.2. The van der Waals surface area contributed by atoms with Crippen LogP contribution in [0.1, 0.15) is 33.7 Å². The Morgan fingerprint density at radius 2 is 1.74 bits per heavy atom. The number of amides is 1. The second-order valence-corrected chi connectivity index (χ2v) is 9.43. The minimum atomic E-state index is -4.50. The van der Waals surface area contributed by atoms with Crippen LogP contribution in [0.25, 0.3) is 5.69 Å². The van der Waals surface area contributed by atoms with Crippen molar-refractivity contribution in [1.82, 2.24) is 4.57 Å². The van der Waals surface area contributed by atoms with E-state index in [9.17, 15) is 27.6 Å². The third-order valence-electron chi connectivity index (χ3n) is 6.80. The standard InChI is InChI=1S/C28H25F3N2O6/c1-16-10-22(17(2)33(16)21-5-3-4-19(12-21)28(29,30)31)23(34)15-39-27(36)18-11-26(35)32(14-18)20-6-7-24-25(13-20)38-9-8-37-24/h3-7,10,12-13,18H,8-9,11,14-15H2,1-2H3/t18-/m1/s1. The van der Waals surface area contributed by atoms with Crippen LogP contribution in [0.5, 0.6) is 11.5 Å². The van der Waals surface area contributed by atoms with E-state index in [1.807, 2.05) is 0 Å². The van der Waals surface area contributed by atoms with Gasteiger partial charge < -0.3 is 23.7 Å². The molecule has 5 rings (SSSR count). The summed E-state index contributed by atoms with van der Waals surface area (Å²) < 4.78 is 57.4. The molecule has 1 atom stereocenters. The predicted molar refractivity (Wildman–Crippen MR) is 133 cm³/mol. The summed E-state index contributed by atoms with van der Waals surface area (Å²) in [6.07, 6.45) is -4.57. The van der Waals surface area contributed by atoms with Gasteiger partial charge in [0.25, 0.3) is 0 Å². The number of hydrogen-bond donors (Lipinski definition) is 0. The van der Waals surface area contributed by atoms with Crippen LogP contribution < -0.4 is 14.4 Å². The number of carbonyl (C=O) groups is 3. The van der Waals surface area contributed by atoms with Crippen molar-refractivity contribution >= 4 is 23.3 Å². The van der Waals surface area contributed by atoms with Gasteiger partial charge in [-0.15, -0.1) is 0 Å². The zero-order valence-electron chi connectivity index (χ0n) is 21.2. The third-order valence-corrected chi connectivity index (χ3v) is 6.80. The number of ketones is 1. The van der Waals surface area contributed by atoms with E-state index in [4.69, 9.17) is 14.2 Å². The highest BCUT2D eigenvalue weighted by Gasteiger charge is 2.37. The van der Waals surface area contributed by atoms with E-state index in [-0.39, 0.29) is 30.1 Å². The van der Waals surface area contributed by atoms with Crippen molar-refractivity contribution in [3.63, 3.8) is 0 Å². The van der Waals surface area contributed by atoms with E-state index in [2.05, 4.69) is 0 Å². The van der Waals surface area contributed by atoms with Crippen molar-refractivity contribution in [2.24, 2.45) is 5.92 Å². The fourth-order valence-corrected chi connectivity index (χ4v) is 4.91. The molecule has 11 heteroatoms. The van der Waals surface area contributed by atoms with Crippen molar-refractivity contribution in [2.75, 3.05) is 31.3 Å². The number of hydrogen-bond acceptors (Lipinski definition) is 6. The number of anilines is 1. The Labute approximate surface area is 221 Å². The van der Waals surface area contributed by atoms with Gasteiger partial charge in [-0.3, -0.25) is 14.4 Å². The van der Waals surface area contributed by atoms with Crippen LogP contribution in [-0.4, -0.2) is 48.6 Å². The number of benzene rings is 2. The van der Waals surface area contributed by atoms with Gasteiger partial charge in [0.15, 0.2) is 18.1 Å². The van der Waals surface area contributed by atoms with Crippen LogP contribution in [-0.2, 0) is 20.5 Å². The molecule has 0 saturated carbocycles. The first-order chi connectivity index (χ1) is 18.5. The molecule has 1 saturated heterocycles. The first kappa shape index (κ1) is 26.3. The van der Waals surface area contributed by atoms with Gasteiger partial charge in [-0.25, -0.2) is 0 Å². The first-order valence-corrected chi connectivity index (χ1v) is 12.3. The van der Waals surface area contributed by atoms with Crippen molar-refractivity contribution in [1.29, 1.82) is 0 Å². The summed E-state index contributed by atoms with van der Waals surface area (Å²) in [7, 11) is 0. The van der Waals surface area contributed by atoms with E-state index in [1.54, 1.807) is 42.7 Å². The summed E-state index contributed by atoms with van der Waals surface area (Å²) in [5.41, 5.74) is 1.24. The predicted octanol–water partition coefficient (Wildman–Crippen LogP) is 4.66. The first-order valence-electron chi connectivity index (χ1n) is 12.3. The molecule has 0 N–H and O–H groups in total. The molecule has 0 bridgehead atoms. The molecular weight excluding hydrogens is 517 g/mol. The Balaban J connectivity index is 1.24. The molecule has 1 aromatic heterocycles. The number of Topliss-reactive ketones (excluding diaryl/α,β-unsaturated/α-hetero) is 1. The maximum absolute atomic E-state index is 13.2. The average Bonchev–Trinajstić information content (AvgIpc) is 3.45. The van der Waals surface area contributed by atoms with E-state index in [0.717, 1.165) is 12.1 Å². The maximum Gasteiger partial charge on any atom is 0.416 e. The fraction of sp³-hybridized carbons (Fsp3) is 0.321. The second kappa shape index (κ2) is 10.1. The molecule has 3 aromatic rings. The van der Waals surface area contributed by atoms with Crippen molar-refractivity contribution in [3.05, 3.63) is 71.0 Å². The van der Waals surface area contributed by atoms with E-state index >= 15 is 0 Å². The lowest BCUT2D eigenvalue weighted by Gasteiger charge is -2.22. The van der Waals surface area contributed by atoms with Gasteiger partial charge in [0.2, 0.25) is 11.7 Å². The van der Waals surface area contributed by atoms with Gasteiger partial charge in [0.05, 0.1) is 11.5 Å². The molecule has 0 aliphatic carbocycles. The van der Waals surface area contributed by atoms with Gasteiger partial charge in [-0.2, -0.15) is 13.2 Å². The lowest BCUT2D eigenvalue weighted by atomic mass is 10.1. The number of esters is 1. The van der Waals surface area contributed by atoms with Crippen LogP contribution in [0.15, 0.2) is 48.5 Å². The fourth-order valence-electron chi connectivity index (χ4n) is 4.91. The largest absolute Gasteiger partial charge is 0.486 e. The molecule has 0 spiro atoms. The van der Waals surface area contributed by atoms with Gasteiger partial charge in [0, 0.05) is 47.4 Å². The summed E-state index contributed by atoms with van der Waals surface area (Å²) in [6.45, 7) is 3.66. The lowest BCUT2D eigenvalue weighted by molar-refractivity contribution is -0.147. The minimum Gasteiger partial charge on any atom is -0.486 e. The number of carbonyl (C=O) groups excluding carboxylic acids is 3. The van der Waals surface area contributed by atoms with Gasteiger partial charge in [0.1, 0.15) is 13.2 Å². The monoisotopic (exact) mass is 542 g/mol. The number of nitrogens with zero attached hydrogens (tertiary/aromatic N) is 2. The summed E-state index contributed by atoms with van der Waals surface area (Å²) >= 11 is 0. The van der Waals surface area contributed by atoms with Crippen LogP contribution in [0.4, 0.5) is 18.9 Å². The zero-order chi connectivity index (χ0) is 27.9. The Hall–Kier alpha value is -4.28. The highest BCUT2D eigenvalue weighted by atomic mass is 19.4. The summed E-state index contributed by atoms with van der Waals surface area (Å²) in [4.78, 5) is 39.8. The molecule has 39 heavy (non-hydrogen) atoms. The van der Waals surface area contributed by atoms with Crippen LogP contribution in [0.3, 0.4) is 0 Å². The van der Waals surface area contributed by atoms with Crippen molar-refractivity contribution < 1.29 is 41.8 Å². The SMILES string of the molecule is Cc1cc(C(=O)COC(=O)[C@@H]2CC(=O)N(c3ccc4c(c3)OCCO4)C2)c(C)n1-c1cccc(C(F)(F)F)c1. The molecule has 1 amide bonds. The molecule has 2 aliphatic rings. The molecule has 2 aliphatic heterocycles. The molecule has 3 heterocycles. The Morgan fingerprint density at radius 1 is 1.00 bits per heavy atom. The van der Waals surface area contributed by atoms with Gasteiger partial charge in [-0.05, 0) is 50.2 Å². The Morgan fingerprint density at radius 3 is 2.49 bits per heavy atom. The molecule has 8 nitrogen and oxygen atoms in total. The molecular formula is C28H25F3N2O6. The third kappa shape index (κ3) is 5.21. The number of fused-ring (bicyclic) bond motifs is 1. The number of alkyl halides is 3. The minimum absolute atomic E-state index is 0.0640. The van der Waals surface area contributed by atoms with Crippen molar-refractivity contribution in [3.8, 4) is 17.2 Å². The number of rotatable bonds is 6. The second-order valence-electron chi connectivity index (χ2n) is 9.43. The van der Waals surface area contributed by atoms with Crippen LogP contribution in [0, 0.1) is 19.8 Å². The quantitative estimate of drug-likeness (QED) is 0.333. The van der Waals surface area contributed by atoms with E-state index in [1.165, 1.54) is 17.0 Å². The Kier molecular flexibility index (Phi) is 6.83. The number of aromatic nitrogens is 1. The highest BCUT2D eigenvalue weighted by Crippen LogP contribution is 2.36. The summed E-state index contributed by atoms with van der Waals surface area (Å²) in [5, 5.41) is 0. The Bertz CT molecular complexity index is 1460. The van der Waals surface area contributed by atoms with Crippen molar-refractivity contribution in [2.45, 2.75) is 26.4 Å². The number of halogens is 3. The van der Waals surface area contributed by atoms with Gasteiger partial charge in [-0.1, -0.05) is 6.07 Å². The lowest BCUT2D eigenvalue weighted by Crippen LogP contribution is -2.27. The smallest absolute Gasteiger partial charge is 0.416 e. The molecule has 1 fully saturated rings. The molecule has 0 unspecified atom stereocenters. The highest BCUT2D eigenvalue weighted by molar-refractivity contribution is 6.01. The average molecular weight is 543 g/mol. The van der Waals surface area contributed by atoms with Crippen LogP contribution >= 0.6 is 0 Å². The number of ether oxygens (including phenoxy) is 3. The molecule has 2 aromatic carbocycles. The van der Waals surface area contributed by atoms with E-state index < -0.39 is 36.0 Å². The van der Waals surface area contributed by atoms with Gasteiger partial charge >= 0.3 is 12.1 Å². The van der Waals surface area contributed by atoms with E-state index in [0.29, 0.717) is 41.8 Å².